The molecule has 2 aromatic heterocycles. The molecule has 152 valence electrons. The number of aryl methyl sites for hydroxylation is 2. The Bertz CT molecular complexity index is 1190. The number of rotatable bonds is 6. The van der Waals surface area contributed by atoms with E-state index in [1.807, 2.05) is 69.3 Å². The van der Waals surface area contributed by atoms with E-state index in [-0.39, 0.29) is 5.91 Å². The highest BCUT2D eigenvalue weighted by Gasteiger charge is 2.24. The van der Waals surface area contributed by atoms with Crippen LogP contribution in [-0.2, 0) is 6.54 Å². The molecule has 0 aliphatic carbocycles. The van der Waals surface area contributed by atoms with Gasteiger partial charge in [0.15, 0.2) is 5.13 Å². The number of ether oxygens (including phenoxy) is 1. The van der Waals surface area contributed by atoms with Crippen LogP contribution in [0.15, 0.2) is 60.9 Å². The second-order valence-corrected chi connectivity index (χ2v) is 8.11. The monoisotopic (exact) mass is 417 g/mol. The minimum absolute atomic E-state index is 0.0722. The molecular weight excluding hydrogens is 394 g/mol. The van der Waals surface area contributed by atoms with Crippen molar-refractivity contribution >= 4 is 32.6 Å². The fraction of sp³-hybridized carbons (Fsp3) is 0.208. The zero-order valence-corrected chi connectivity index (χ0v) is 18.1. The first-order valence-electron chi connectivity index (χ1n) is 9.87. The van der Waals surface area contributed by atoms with Crippen molar-refractivity contribution in [1.29, 1.82) is 0 Å². The van der Waals surface area contributed by atoms with Crippen molar-refractivity contribution in [3.63, 3.8) is 0 Å². The molecule has 5 nitrogen and oxygen atoms in total. The SMILES string of the molecule is CCOc1cccc2sc(N(Cc3cccnc3)C(=O)c3cc(C)ccc3C)nc12. The van der Waals surface area contributed by atoms with E-state index in [1.165, 1.54) is 11.3 Å². The van der Waals surface area contributed by atoms with Gasteiger partial charge in [-0.1, -0.05) is 41.2 Å². The van der Waals surface area contributed by atoms with Gasteiger partial charge in [-0.15, -0.1) is 0 Å². The lowest BCUT2D eigenvalue weighted by Gasteiger charge is -2.21. The topological polar surface area (TPSA) is 55.3 Å². The van der Waals surface area contributed by atoms with Crippen molar-refractivity contribution in [2.45, 2.75) is 27.3 Å². The molecule has 0 atom stereocenters. The van der Waals surface area contributed by atoms with E-state index in [2.05, 4.69) is 4.98 Å². The summed E-state index contributed by atoms with van der Waals surface area (Å²) in [5.74, 6) is 0.662. The summed E-state index contributed by atoms with van der Waals surface area (Å²) in [6.07, 6.45) is 3.51. The standard InChI is InChI=1S/C24H23N3O2S/c1-4-29-20-8-5-9-21-22(20)26-24(30-21)27(15-18-7-6-12-25-14-18)23(28)19-13-16(2)10-11-17(19)3/h5-14H,4,15H2,1-3H3. The average molecular weight is 418 g/mol. The number of pyridine rings is 1. The Morgan fingerprint density at radius 3 is 2.77 bits per heavy atom. The quantitative estimate of drug-likeness (QED) is 0.412. The van der Waals surface area contributed by atoms with Crippen molar-refractivity contribution < 1.29 is 9.53 Å². The third-order valence-corrected chi connectivity index (χ3v) is 5.88. The number of fused-ring (bicyclic) bond motifs is 1. The van der Waals surface area contributed by atoms with Gasteiger partial charge in [-0.05, 0) is 56.2 Å². The van der Waals surface area contributed by atoms with Gasteiger partial charge in [0.25, 0.3) is 5.91 Å². The van der Waals surface area contributed by atoms with Gasteiger partial charge >= 0.3 is 0 Å². The van der Waals surface area contributed by atoms with Gasteiger partial charge in [-0.3, -0.25) is 14.7 Å². The Morgan fingerprint density at radius 1 is 1.13 bits per heavy atom. The highest BCUT2D eigenvalue weighted by molar-refractivity contribution is 7.22. The maximum Gasteiger partial charge on any atom is 0.260 e. The fourth-order valence-electron chi connectivity index (χ4n) is 3.31. The zero-order valence-electron chi connectivity index (χ0n) is 17.3. The molecule has 6 heteroatoms. The van der Waals surface area contributed by atoms with Gasteiger partial charge in [0, 0.05) is 18.0 Å². The van der Waals surface area contributed by atoms with Crippen LogP contribution in [0.3, 0.4) is 0 Å². The number of hydrogen-bond donors (Lipinski definition) is 0. The maximum atomic E-state index is 13.7. The summed E-state index contributed by atoms with van der Waals surface area (Å²) >= 11 is 1.49. The number of carbonyl (C=O) groups is 1. The van der Waals surface area contributed by atoms with E-state index in [4.69, 9.17) is 9.72 Å². The van der Waals surface area contributed by atoms with Gasteiger partial charge in [-0.25, -0.2) is 4.98 Å². The van der Waals surface area contributed by atoms with Gasteiger partial charge in [-0.2, -0.15) is 0 Å². The first-order chi connectivity index (χ1) is 14.6. The summed E-state index contributed by atoms with van der Waals surface area (Å²) in [6, 6.07) is 15.6. The summed E-state index contributed by atoms with van der Waals surface area (Å²) in [7, 11) is 0. The molecule has 0 aliphatic heterocycles. The van der Waals surface area contributed by atoms with E-state index in [9.17, 15) is 4.79 Å². The Hall–Kier alpha value is -3.25. The molecule has 2 aromatic carbocycles. The van der Waals surface area contributed by atoms with Crippen LogP contribution in [0, 0.1) is 13.8 Å². The third-order valence-electron chi connectivity index (χ3n) is 4.83. The normalized spacial score (nSPS) is 10.9. The molecule has 0 spiro atoms. The highest BCUT2D eigenvalue weighted by Crippen LogP contribution is 2.35. The second-order valence-electron chi connectivity index (χ2n) is 7.10. The molecular formula is C24H23N3O2S. The first kappa shape index (κ1) is 20.0. The van der Waals surface area contributed by atoms with Crippen LogP contribution in [-0.4, -0.2) is 22.5 Å². The van der Waals surface area contributed by atoms with Crippen LogP contribution in [0.2, 0.25) is 0 Å². The number of amides is 1. The van der Waals surface area contributed by atoms with Crippen molar-refractivity contribution in [3.05, 3.63) is 83.2 Å². The molecule has 2 heterocycles. The molecule has 4 aromatic rings. The minimum atomic E-state index is -0.0722. The number of carbonyl (C=O) groups excluding carboxylic acids is 1. The Balaban J connectivity index is 1.81. The van der Waals surface area contributed by atoms with Crippen LogP contribution in [0.1, 0.15) is 34.0 Å². The molecule has 0 bridgehead atoms. The minimum Gasteiger partial charge on any atom is -0.492 e. The van der Waals surface area contributed by atoms with E-state index >= 15 is 0 Å². The van der Waals surface area contributed by atoms with Gasteiger partial charge < -0.3 is 4.74 Å². The van der Waals surface area contributed by atoms with Crippen LogP contribution in [0.25, 0.3) is 10.2 Å². The number of aromatic nitrogens is 2. The van der Waals surface area contributed by atoms with Crippen LogP contribution in [0.5, 0.6) is 5.75 Å². The molecule has 1 amide bonds. The summed E-state index contributed by atoms with van der Waals surface area (Å²) in [6.45, 7) is 6.86. The molecule has 0 aliphatic rings. The number of benzene rings is 2. The largest absolute Gasteiger partial charge is 0.492 e. The Labute approximate surface area is 180 Å². The van der Waals surface area contributed by atoms with Gasteiger partial charge in [0.05, 0.1) is 17.9 Å². The van der Waals surface area contributed by atoms with E-state index in [0.29, 0.717) is 23.8 Å². The Kier molecular flexibility index (Phi) is 5.77. The van der Waals surface area contributed by atoms with Crippen molar-refractivity contribution in [3.8, 4) is 5.75 Å². The molecule has 0 saturated heterocycles. The molecule has 0 saturated carbocycles. The van der Waals surface area contributed by atoms with E-state index < -0.39 is 0 Å². The number of nitrogens with zero attached hydrogens (tertiary/aromatic N) is 3. The van der Waals surface area contributed by atoms with Gasteiger partial charge in [0.1, 0.15) is 11.3 Å². The van der Waals surface area contributed by atoms with Crippen LogP contribution < -0.4 is 9.64 Å². The van der Waals surface area contributed by atoms with Crippen molar-refractivity contribution in [2.24, 2.45) is 0 Å². The number of anilines is 1. The molecule has 30 heavy (non-hydrogen) atoms. The second kappa shape index (κ2) is 8.63. The maximum absolute atomic E-state index is 13.7. The van der Waals surface area contributed by atoms with Crippen molar-refractivity contribution in [1.82, 2.24) is 9.97 Å². The zero-order chi connectivity index (χ0) is 21.1. The predicted octanol–water partition coefficient (Wildman–Crippen LogP) is 5.55. The lowest BCUT2D eigenvalue weighted by molar-refractivity contribution is 0.0984. The molecule has 4 rings (SSSR count). The predicted molar refractivity (Wildman–Crippen MR) is 121 cm³/mol. The lowest BCUT2D eigenvalue weighted by atomic mass is 10.0. The van der Waals surface area contributed by atoms with Crippen molar-refractivity contribution in [2.75, 3.05) is 11.5 Å². The number of hydrogen-bond acceptors (Lipinski definition) is 5. The Morgan fingerprint density at radius 2 is 2.00 bits per heavy atom. The highest BCUT2D eigenvalue weighted by atomic mass is 32.1. The number of para-hydroxylation sites is 1. The first-order valence-corrected chi connectivity index (χ1v) is 10.7. The summed E-state index contributed by atoms with van der Waals surface area (Å²) in [5.41, 5.74) is 4.40. The smallest absolute Gasteiger partial charge is 0.260 e. The number of thiazole rings is 1. The summed E-state index contributed by atoms with van der Waals surface area (Å²) in [4.78, 5) is 24.4. The molecule has 0 fully saturated rings. The lowest BCUT2D eigenvalue weighted by Crippen LogP contribution is -2.31. The molecule has 0 radical (unpaired) electrons. The third kappa shape index (κ3) is 4.04. The fourth-order valence-corrected chi connectivity index (χ4v) is 4.29. The molecule has 0 unspecified atom stereocenters. The van der Waals surface area contributed by atoms with E-state index in [0.717, 1.165) is 32.7 Å². The van der Waals surface area contributed by atoms with Crippen LogP contribution in [0.4, 0.5) is 5.13 Å². The molecule has 0 N–H and O–H groups in total. The average Bonchev–Trinajstić information content (AvgIpc) is 3.19. The summed E-state index contributed by atoms with van der Waals surface area (Å²) < 4.78 is 6.73. The summed E-state index contributed by atoms with van der Waals surface area (Å²) in [5, 5.41) is 0.645. The van der Waals surface area contributed by atoms with Gasteiger partial charge in [0.2, 0.25) is 0 Å². The van der Waals surface area contributed by atoms with E-state index in [1.54, 1.807) is 17.3 Å². The van der Waals surface area contributed by atoms with Crippen LogP contribution >= 0.6 is 11.3 Å².